The van der Waals surface area contributed by atoms with Gasteiger partial charge in [0.1, 0.15) is 0 Å². The summed E-state index contributed by atoms with van der Waals surface area (Å²) in [5.41, 5.74) is 2.65. The second-order valence-electron chi connectivity index (χ2n) is 6.76. The van der Waals surface area contributed by atoms with Gasteiger partial charge < -0.3 is 24.0 Å². The monoisotopic (exact) mass is 408 g/mol. The summed E-state index contributed by atoms with van der Waals surface area (Å²) in [4.78, 5) is 32.8. The zero-order chi connectivity index (χ0) is 21.1. The molecule has 1 aromatic heterocycles. The number of oxime groups is 1. The van der Waals surface area contributed by atoms with Crippen LogP contribution in [0, 0.1) is 0 Å². The molecule has 0 unspecified atom stereocenters. The number of fused-ring (bicyclic) bond motifs is 2. The third-order valence-electron chi connectivity index (χ3n) is 4.71. The lowest BCUT2D eigenvalue weighted by atomic mass is 10.1. The summed E-state index contributed by atoms with van der Waals surface area (Å²) in [7, 11) is 0. The van der Waals surface area contributed by atoms with Crippen molar-refractivity contribution in [1.82, 2.24) is 4.98 Å². The first-order valence-electron chi connectivity index (χ1n) is 9.39. The van der Waals surface area contributed by atoms with Crippen LogP contribution in [0.1, 0.15) is 29.8 Å². The second-order valence-corrected chi connectivity index (χ2v) is 6.76. The number of H-pyrrole nitrogens is 1. The Morgan fingerprint density at radius 3 is 2.83 bits per heavy atom. The second kappa shape index (κ2) is 8.28. The van der Waals surface area contributed by atoms with Crippen LogP contribution in [0.4, 0.5) is 0 Å². The van der Waals surface area contributed by atoms with Crippen molar-refractivity contribution in [3.05, 3.63) is 59.8 Å². The fraction of sp³-hybridized carbons (Fsp3) is 0.227. The van der Waals surface area contributed by atoms with Crippen molar-refractivity contribution in [3.8, 4) is 11.5 Å². The Bertz CT molecular complexity index is 1130. The summed E-state index contributed by atoms with van der Waals surface area (Å²) < 4.78 is 15.8. The van der Waals surface area contributed by atoms with Gasteiger partial charge in [-0.15, -0.1) is 0 Å². The number of aromatic amines is 1. The predicted molar refractivity (Wildman–Crippen MR) is 109 cm³/mol. The van der Waals surface area contributed by atoms with E-state index in [0.29, 0.717) is 22.8 Å². The van der Waals surface area contributed by atoms with Crippen molar-refractivity contribution in [3.63, 3.8) is 0 Å². The van der Waals surface area contributed by atoms with Gasteiger partial charge in [-0.25, -0.2) is 4.79 Å². The lowest BCUT2D eigenvalue weighted by molar-refractivity contribution is -0.151. The van der Waals surface area contributed by atoms with Crippen LogP contribution in [-0.2, 0) is 14.4 Å². The van der Waals surface area contributed by atoms with E-state index in [2.05, 4.69) is 10.1 Å². The maximum Gasteiger partial charge on any atom is 0.347 e. The molecule has 0 spiro atoms. The SMILES string of the molecule is C/C(=N/OCC(=O)O[C@H](C)C(=O)c1c[nH]c2ccccc12)c1ccc2c(c1)OCO2. The summed E-state index contributed by atoms with van der Waals surface area (Å²) in [5, 5.41) is 4.72. The number of hydrogen-bond donors (Lipinski definition) is 1. The number of hydrogen-bond acceptors (Lipinski definition) is 7. The number of ether oxygens (including phenoxy) is 3. The van der Waals surface area contributed by atoms with Gasteiger partial charge in [-0.1, -0.05) is 23.4 Å². The molecule has 4 rings (SSSR count). The van der Waals surface area contributed by atoms with Crippen molar-refractivity contribution in [1.29, 1.82) is 0 Å². The molecule has 0 fully saturated rings. The van der Waals surface area contributed by atoms with Crippen LogP contribution < -0.4 is 9.47 Å². The van der Waals surface area contributed by atoms with Gasteiger partial charge in [-0.3, -0.25) is 4.79 Å². The molecular formula is C22H20N2O6. The van der Waals surface area contributed by atoms with E-state index in [1.54, 1.807) is 25.3 Å². The summed E-state index contributed by atoms with van der Waals surface area (Å²) in [6.07, 6.45) is 0.673. The van der Waals surface area contributed by atoms with Crippen LogP contribution in [0.15, 0.2) is 53.8 Å². The Kier molecular flexibility index (Phi) is 5.38. The number of nitrogens with one attached hydrogen (secondary N) is 1. The lowest BCUT2D eigenvalue weighted by Gasteiger charge is -2.11. The number of rotatable bonds is 7. The molecule has 0 aliphatic carbocycles. The first-order valence-corrected chi connectivity index (χ1v) is 9.39. The molecule has 2 heterocycles. The molecule has 0 amide bonds. The normalized spacial score (nSPS) is 13.9. The van der Waals surface area contributed by atoms with Crippen LogP contribution in [0.3, 0.4) is 0 Å². The number of carbonyl (C=O) groups is 2. The van der Waals surface area contributed by atoms with Gasteiger partial charge in [0.25, 0.3) is 0 Å². The van der Waals surface area contributed by atoms with Gasteiger partial charge in [0.15, 0.2) is 17.6 Å². The minimum atomic E-state index is -0.945. The molecule has 1 aliphatic rings. The molecule has 2 aromatic carbocycles. The maximum atomic E-state index is 12.6. The van der Waals surface area contributed by atoms with Crippen LogP contribution in [0.5, 0.6) is 11.5 Å². The number of esters is 1. The smallest absolute Gasteiger partial charge is 0.347 e. The molecule has 1 atom stereocenters. The fourth-order valence-corrected chi connectivity index (χ4v) is 3.14. The summed E-state index contributed by atoms with van der Waals surface area (Å²) in [5.74, 6) is 0.328. The topological polar surface area (TPSA) is 99.2 Å². The Balaban J connectivity index is 1.32. The van der Waals surface area contributed by atoms with Gasteiger partial charge in [-0.05, 0) is 38.1 Å². The largest absolute Gasteiger partial charge is 0.454 e. The number of Topliss-reactive ketones (excluding diaryl/α,β-unsaturated/α-hetero) is 1. The number of benzene rings is 2. The van der Waals surface area contributed by atoms with E-state index in [4.69, 9.17) is 19.0 Å². The molecule has 1 N–H and O–H groups in total. The first kappa shape index (κ1) is 19.5. The highest BCUT2D eigenvalue weighted by atomic mass is 16.7. The maximum absolute atomic E-state index is 12.6. The summed E-state index contributed by atoms with van der Waals surface area (Å²) in [6, 6.07) is 12.8. The zero-order valence-corrected chi connectivity index (χ0v) is 16.5. The Morgan fingerprint density at radius 2 is 1.97 bits per heavy atom. The molecule has 0 radical (unpaired) electrons. The zero-order valence-electron chi connectivity index (χ0n) is 16.5. The number of aromatic nitrogens is 1. The lowest BCUT2D eigenvalue weighted by Crippen LogP contribution is -2.26. The van der Waals surface area contributed by atoms with Crippen molar-refractivity contribution in [2.75, 3.05) is 13.4 Å². The van der Waals surface area contributed by atoms with Gasteiger partial charge in [-0.2, -0.15) is 0 Å². The first-order chi connectivity index (χ1) is 14.5. The van der Waals surface area contributed by atoms with Crippen molar-refractivity contribution in [2.24, 2.45) is 5.16 Å². The van der Waals surface area contributed by atoms with Crippen LogP contribution >= 0.6 is 0 Å². The Hall–Kier alpha value is -3.81. The molecule has 154 valence electrons. The highest BCUT2D eigenvalue weighted by Gasteiger charge is 2.22. The van der Waals surface area contributed by atoms with E-state index in [-0.39, 0.29) is 12.6 Å². The standard InChI is InChI=1S/C22H20N2O6/c1-13(15-7-8-19-20(9-15)28-12-27-19)24-29-11-21(25)30-14(2)22(26)17-10-23-18-6-4-3-5-16(17)18/h3-10,14,23H,11-12H2,1-2H3/b24-13-/t14-/m1/s1. The number of ketones is 1. The van der Waals surface area contributed by atoms with Crippen LogP contribution in [0.25, 0.3) is 10.9 Å². The number of carbonyl (C=O) groups excluding carboxylic acids is 2. The van der Waals surface area contributed by atoms with E-state index in [0.717, 1.165) is 16.5 Å². The highest BCUT2D eigenvalue weighted by molar-refractivity contribution is 6.10. The molecule has 8 heteroatoms. The highest BCUT2D eigenvalue weighted by Crippen LogP contribution is 2.32. The molecular weight excluding hydrogens is 388 g/mol. The number of para-hydroxylation sites is 1. The summed E-state index contributed by atoms with van der Waals surface area (Å²) in [6.45, 7) is 3.05. The van der Waals surface area contributed by atoms with Crippen LogP contribution in [-0.4, -0.2) is 42.0 Å². The molecule has 0 bridgehead atoms. The van der Waals surface area contributed by atoms with E-state index in [1.807, 2.05) is 30.3 Å². The van der Waals surface area contributed by atoms with E-state index in [9.17, 15) is 9.59 Å². The van der Waals surface area contributed by atoms with E-state index < -0.39 is 18.7 Å². The average molecular weight is 408 g/mol. The molecule has 0 saturated heterocycles. The molecule has 1 aliphatic heterocycles. The van der Waals surface area contributed by atoms with Gasteiger partial charge in [0, 0.05) is 28.2 Å². The minimum absolute atomic E-state index is 0.187. The van der Waals surface area contributed by atoms with Crippen LogP contribution in [0.2, 0.25) is 0 Å². The van der Waals surface area contributed by atoms with Crippen molar-refractivity contribution < 1.29 is 28.6 Å². The average Bonchev–Trinajstić information content (AvgIpc) is 3.39. The van der Waals surface area contributed by atoms with Crippen molar-refractivity contribution in [2.45, 2.75) is 20.0 Å². The quantitative estimate of drug-likeness (QED) is 0.278. The Morgan fingerprint density at radius 1 is 1.17 bits per heavy atom. The van der Waals surface area contributed by atoms with Gasteiger partial charge >= 0.3 is 5.97 Å². The molecule has 8 nitrogen and oxygen atoms in total. The number of nitrogens with zero attached hydrogens (tertiary/aromatic N) is 1. The fourth-order valence-electron chi connectivity index (χ4n) is 3.14. The summed E-state index contributed by atoms with van der Waals surface area (Å²) >= 11 is 0. The van der Waals surface area contributed by atoms with E-state index in [1.165, 1.54) is 6.92 Å². The van der Waals surface area contributed by atoms with Crippen molar-refractivity contribution >= 4 is 28.4 Å². The molecule has 30 heavy (non-hydrogen) atoms. The predicted octanol–water partition coefficient (Wildman–Crippen LogP) is 3.45. The molecule has 0 saturated carbocycles. The third kappa shape index (κ3) is 3.98. The van der Waals surface area contributed by atoms with E-state index >= 15 is 0 Å². The van der Waals surface area contributed by atoms with Gasteiger partial charge in [0.05, 0.1) is 5.71 Å². The third-order valence-corrected chi connectivity index (χ3v) is 4.71. The van der Waals surface area contributed by atoms with Gasteiger partial charge in [0.2, 0.25) is 19.2 Å². The Labute approximate surface area is 172 Å². The molecule has 3 aromatic rings. The minimum Gasteiger partial charge on any atom is -0.454 e.